The van der Waals surface area contributed by atoms with Crippen LogP contribution in [-0.4, -0.2) is 47.7 Å². The second kappa shape index (κ2) is 8.23. The van der Waals surface area contributed by atoms with Crippen LogP contribution in [0.25, 0.3) is 6.20 Å². The van der Waals surface area contributed by atoms with Gasteiger partial charge in [-0.1, -0.05) is 11.6 Å². The molecule has 4 rings (SSSR count). The van der Waals surface area contributed by atoms with E-state index < -0.39 is 5.60 Å². The Balaban J connectivity index is 1.43. The highest BCUT2D eigenvalue weighted by Gasteiger charge is 2.46. The minimum atomic E-state index is -0.445. The van der Waals surface area contributed by atoms with Crippen molar-refractivity contribution in [3.05, 3.63) is 27.2 Å². The van der Waals surface area contributed by atoms with E-state index in [4.69, 9.17) is 14.6 Å². The average Bonchev–Trinajstić information content (AvgIpc) is 3.26. The first-order chi connectivity index (χ1) is 14.6. The lowest BCUT2D eigenvalue weighted by Gasteiger charge is -2.39. The summed E-state index contributed by atoms with van der Waals surface area (Å²) in [7, 11) is 1.67. The van der Waals surface area contributed by atoms with E-state index in [0.717, 1.165) is 59.6 Å². The van der Waals surface area contributed by atoms with Crippen LogP contribution in [0.5, 0.6) is 5.75 Å². The van der Waals surface area contributed by atoms with Gasteiger partial charge in [-0.2, -0.15) is 0 Å². The van der Waals surface area contributed by atoms with Crippen LogP contribution < -0.4 is 15.3 Å². The smallest absolute Gasteiger partial charge is 0.410 e. The van der Waals surface area contributed by atoms with Gasteiger partial charge in [0.2, 0.25) is 6.20 Å². The zero-order valence-corrected chi connectivity index (χ0v) is 20.7. The van der Waals surface area contributed by atoms with E-state index in [1.54, 1.807) is 7.11 Å². The topological polar surface area (TPSA) is 54.1 Å². The molecule has 1 aromatic carbocycles. The average molecular weight is 491 g/mol. The Morgan fingerprint density at radius 1 is 1.35 bits per heavy atom. The van der Waals surface area contributed by atoms with Crippen molar-refractivity contribution in [1.29, 1.82) is 0 Å². The molecule has 1 aromatic rings. The number of likely N-dealkylation sites (tertiary alicyclic amines) is 1. The van der Waals surface area contributed by atoms with Gasteiger partial charge in [0.15, 0.2) is 6.21 Å². The van der Waals surface area contributed by atoms with Crippen molar-refractivity contribution < 1.29 is 19.0 Å². The van der Waals surface area contributed by atoms with E-state index in [1.807, 2.05) is 36.4 Å². The lowest BCUT2D eigenvalue weighted by Crippen LogP contribution is -2.39. The predicted octanol–water partition coefficient (Wildman–Crippen LogP) is 3.89. The summed E-state index contributed by atoms with van der Waals surface area (Å²) in [5.74, 6) is 1.81. The van der Waals surface area contributed by atoms with Gasteiger partial charge in [-0.25, -0.2) is 4.79 Å². The fourth-order valence-electron chi connectivity index (χ4n) is 5.18. The molecule has 31 heavy (non-hydrogen) atoms. The highest BCUT2D eigenvalue weighted by atomic mass is 79.9. The second-order valence-electron chi connectivity index (χ2n) is 10.3. The number of fused-ring (bicyclic) bond motifs is 1. The summed E-state index contributed by atoms with van der Waals surface area (Å²) in [6, 6.07) is 4.02. The Morgan fingerprint density at radius 2 is 2.13 bits per heavy atom. The Kier molecular flexibility index (Phi) is 5.92. The molecule has 1 saturated carbocycles. The van der Waals surface area contributed by atoms with Gasteiger partial charge in [0.05, 0.1) is 16.8 Å². The van der Waals surface area contributed by atoms with Crippen molar-refractivity contribution in [3.63, 3.8) is 0 Å². The van der Waals surface area contributed by atoms with Crippen molar-refractivity contribution in [2.24, 2.45) is 22.4 Å². The summed E-state index contributed by atoms with van der Waals surface area (Å²) in [5.41, 5.74) is -0.215. The van der Waals surface area contributed by atoms with Crippen molar-refractivity contribution in [2.75, 3.05) is 20.2 Å². The van der Waals surface area contributed by atoms with E-state index in [-0.39, 0.29) is 11.5 Å². The Hall–Kier alpha value is -1.89. The maximum absolute atomic E-state index is 12.5. The van der Waals surface area contributed by atoms with Gasteiger partial charge < -0.3 is 14.4 Å². The van der Waals surface area contributed by atoms with E-state index >= 15 is 0 Å². The molecule has 2 heterocycles. The number of hydrogen-bond acceptors (Lipinski definition) is 4. The van der Waals surface area contributed by atoms with E-state index in [1.165, 1.54) is 0 Å². The van der Waals surface area contributed by atoms with Gasteiger partial charge in [-0.3, -0.25) is 0 Å². The third kappa shape index (κ3) is 4.81. The first kappa shape index (κ1) is 22.3. The van der Waals surface area contributed by atoms with Gasteiger partial charge >= 0.3 is 6.09 Å². The summed E-state index contributed by atoms with van der Waals surface area (Å²) in [5, 5.41) is 6.76. The molecule has 0 aromatic heterocycles. The van der Waals surface area contributed by atoms with Gasteiger partial charge in [-0.15, -0.1) is 0 Å². The highest BCUT2D eigenvalue weighted by molar-refractivity contribution is 9.10. The number of hydrogen-bond donors (Lipinski definition) is 0. The molecular weight excluding hydrogens is 458 g/mol. The number of carbonyl (C=O) groups is 1. The molecule has 3 aliphatic rings. The normalized spacial score (nSPS) is 29.0. The van der Waals surface area contributed by atoms with Crippen LogP contribution in [0.1, 0.15) is 53.4 Å². The minimum Gasteiger partial charge on any atom is -0.495 e. The second-order valence-corrected chi connectivity index (χ2v) is 11.2. The minimum absolute atomic E-state index is 0.171. The molecule has 0 bridgehead atoms. The third-order valence-electron chi connectivity index (χ3n) is 6.72. The third-order valence-corrected chi connectivity index (χ3v) is 7.34. The number of rotatable bonds is 2. The van der Waals surface area contributed by atoms with Crippen molar-refractivity contribution in [1.82, 2.24) is 4.90 Å². The summed E-state index contributed by atoms with van der Waals surface area (Å²) < 4.78 is 13.9. The molecule has 168 valence electrons. The molecule has 1 saturated heterocycles. The Morgan fingerprint density at radius 3 is 2.81 bits per heavy atom. The lowest BCUT2D eigenvalue weighted by molar-refractivity contribution is -0.424. The lowest BCUT2D eigenvalue weighted by atomic mass is 9.65. The first-order valence-electron chi connectivity index (χ1n) is 11.1. The van der Waals surface area contributed by atoms with Crippen LogP contribution >= 0.6 is 15.9 Å². The van der Waals surface area contributed by atoms with E-state index in [2.05, 4.69) is 41.3 Å². The number of amides is 1. The number of halogens is 1. The Labute approximate surface area is 192 Å². The highest BCUT2D eigenvalue weighted by Crippen LogP contribution is 2.47. The van der Waals surface area contributed by atoms with Gasteiger partial charge in [0, 0.05) is 30.2 Å². The zero-order valence-electron chi connectivity index (χ0n) is 19.2. The van der Waals surface area contributed by atoms with Crippen LogP contribution in [0.15, 0.2) is 21.7 Å². The molecule has 1 unspecified atom stereocenters. The maximum Gasteiger partial charge on any atom is 0.410 e. The number of nitrogens with zero attached hydrogens (tertiary/aromatic N) is 3. The molecule has 2 fully saturated rings. The monoisotopic (exact) mass is 490 g/mol. The van der Waals surface area contributed by atoms with E-state index in [0.29, 0.717) is 11.8 Å². The quantitative estimate of drug-likeness (QED) is 0.590. The summed E-state index contributed by atoms with van der Waals surface area (Å²) in [6.07, 6.45) is 8.63. The molecule has 7 heteroatoms. The largest absolute Gasteiger partial charge is 0.495 e. The fraction of sp³-hybridized carbons (Fsp3) is 0.625. The summed E-state index contributed by atoms with van der Waals surface area (Å²) in [6.45, 7) is 9.73. The number of ether oxygens (including phenoxy) is 2. The molecule has 1 aliphatic carbocycles. The van der Waals surface area contributed by atoms with Crippen LogP contribution in [0.3, 0.4) is 0 Å². The number of methoxy groups -OCH3 is 1. The number of benzene rings is 1. The van der Waals surface area contributed by atoms with Gasteiger partial charge in [0.1, 0.15) is 16.7 Å². The van der Waals surface area contributed by atoms with E-state index in [9.17, 15) is 4.79 Å². The molecule has 6 nitrogen and oxygen atoms in total. The standard InChI is InChI=1S/C24H33BrN3O3/c1-16-12-24(8-9-27(15-24)22(29)31-23(2,3)4)7-6-17(16)13-28-14-18-10-19(25)21(30-5)11-20(18)26-28/h10-11,13-14,16-17H,6-9,12,15H2,1-5H3/q+1/b28-13-/t16-,17?,24-/m0/s1. The molecule has 0 N–H and O–H groups in total. The zero-order chi connectivity index (χ0) is 22.4. The molecule has 2 aliphatic heterocycles. The van der Waals surface area contributed by atoms with Crippen LogP contribution in [0.4, 0.5) is 4.79 Å². The predicted molar refractivity (Wildman–Crippen MR) is 124 cm³/mol. The molecule has 1 spiro atoms. The molecule has 3 atom stereocenters. The first-order valence-corrected chi connectivity index (χ1v) is 11.9. The van der Waals surface area contributed by atoms with Crippen molar-refractivity contribution in [3.8, 4) is 5.75 Å². The summed E-state index contributed by atoms with van der Waals surface area (Å²) >= 11 is 3.55. The van der Waals surface area contributed by atoms with Crippen LogP contribution in [-0.2, 0) is 4.74 Å². The SMILES string of the molecule is COc1cc2c(cc1Br)=C/[N+](=C/C1CC[C@]3(CCN(C(=O)OC(C)(C)C)C3)C[C@@H]1C)N=2. The Bertz CT molecular complexity index is 1030. The van der Waals surface area contributed by atoms with Crippen molar-refractivity contribution >= 4 is 34.4 Å². The van der Waals surface area contributed by atoms with Gasteiger partial charge in [-0.05, 0) is 79.8 Å². The van der Waals surface area contributed by atoms with Crippen molar-refractivity contribution in [2.45, 2.75) is 59.0 Å². The summed E-state index contributed by atoms with van der Waals surface area (Å²) in [4.78, 5) is 14.4. The van der Waals surface area contributed by atoms with Crippen LogP contribution in [0, 0.1) is 17.3 Å². The fourth-order valence-corrected chi connectivity index (χ4v) is 5.70. The maximum atomic E-state index is 12.5. The van der Waals surface area contributed by atoms with Crippen LogP contribution in [0.2, 0.25) is 0 Å². The molecular formula is C24H33BrN3O3+. The molecule has 1 amide bonds. The van der Waals surface area contributed by atoms with Gasteiger partial charge in [0.25, 0.3) is 0 Å². The molecule has 0 radical (unpaired) electrons. The number of carbonyl (C=O) groups excluding carboxylic acids is 1.